The third-order valence-electron chi connectivity index (χ3n) is 4.31. The van der Waals surface area contributed by atoms with Crippen molar-refractivity contribution in [2.45, 2.75) is 31.8 Å². The van der Waals surface area contributed by atoms with E-state index in [1.165, 1.54) is 5.56 Å². The van der Waals surface area contributed by atoms with Crippen molar-refractivity contribution in [2.75, 3.05) is 6.54 Å². The van der Waals surface area contributed by atoms with E-state index >= 15 is 0 Å². The van der Waals surface area contributed by atoms with Crippen LogP contribution in [0.4, 0.5) is 0 Å². The molecule has 0 radical (unpaired) electrons. The third kappa shape index (κ3) is 5.07. The molecule has 0 aliphatic rings. The molecule has 0 amide bonds. The summed E-state index contributed by atoms with van der Waals surface area (Å²) in [4.78, 5) is 13.6. The second-order valence-electron chi connectivity index (χ2n) is 6.01. The van der Waals surface area contributed by atoms with E-state index in [1.807, 2.05) is 54.6 Å². The first-order valence-electron chi connectivity index (χ1n) is 8.29. The summed E-state index contributed by atoms with van der Waals surface area (Å²) in [6.07, 6.45) is 2.66. The molecule has 2 aromatic carbocycles. The first kappa shape index (κ1) is 18.0. The number of carboxylic acid groups (broad SMARTS) is 1. The molecule has 0 aromatic heterocycles. The van der Waals surface area contributed by atoms with Gasteiger partial charge >= 0.3 is 5.97 Å². The van der Waals surface area contributed by atoms with Gasteiger partial charge in [0.1, 0.15) is 0 Å². The lowest BCUT2D eigenvalue weighted by Crippen LogP contribution is -2.40. The Bertz CT molecular complexity index is 639. The Hall–Kier alpha value is -2.39. The van der Waals surface area contributed by atoms with E-state index in [-0.39, 0.29) is 18.5 Å². The predicted octanol–water partition coefficient (Wildman–Crippen LogP) is 4.32. The molecule has 0 bridgehead atoms. The topological polar surface area (TPSA) is 40.5 Å². The van der Waals surface area contributed by atoms with E-state index in [1.54, 1.807) is 0 Å². The van der Waals surface area contributed by atoms with Crippen molar-refractivity contribution in [3.63, 3.8) is 0 Å². The molecular formula is C21H25NO2. The van der Waals surface area contributed by atoms with E-state index in [0.717, 1.165) is 5.56 Å². The molecule has 0 heterocycles. The zero-order valence-electron chi connectivity index (χ0n) is 14.1. The van der Waals surface area contributed by atoms with Crippen LogP contribution in [0.2, 0.25) is 0 Å². The van der Waals surface area contributed by atoms with Crippen molar-refractivity contribution in [1.29, 1.82) is 0 Å². The van der Waals surface area contributed by atoms with Crippen LogP contribution in [0.1, 0.15) is 30.5 Å². The van der Waals surface area contributed by atoms with Gasteiger partial charge in [-0.15, -0.1) is 6.58 Å². The molecule has 0 spiro atoms. The van der Waals surface area contributed by atoms with Crippen LogP contribution in [0.5, 0.6) is 0 Å². The second kappa shape index (κ2) is 9.04. The molecule has 0 saturated carbocycles. The van der Waals surface area contributed by atoms with Crippen LogP contribution in [0.25, 0.3) is 0 Å². The smallest absolute Gasteiger partial charge is 0.304 e. The number of carboxylic acids is 1. The van der Waals surface area contributed by atoms with Crippen LogP contribution < -0.4 is 0 Å². The van der Waals surface area contributed by atoms with Crippen LogP contribution >= 0.6 is 0 Å². The first-order valence-corrected chi connectivity index (χ1v) is 8.29. The Morgan fingerprint density at radius 2 is 1.71 bits per heavy atom. The molecule has 126 valence electrons. The fraction of sp³-hybridized carbons (Fsp3) is 0.286. The van der Waals surface area contributed by atoms with Gasteiger partial charge in [0.2, 0.25) is 0 Å². The first-order chi connectivity index (χ1) is 11.6. The molecule has 1 N–H and O–H groups in total. The molecule has 3 heteroatoms. The van der Waals surface area contributed by atoms with Crippen molar-refractivity contribution >= 4 is 5.97 Å². The Kier molecular flexibility index (Phi) is 6.76. The summed E-state index contributed by atoms with van der Waals surface area (Å²) in [6.45, 7) is 6.63. The van der Waals surface area contributed by atoms with Gasteiger partial charge < -0.3 is 5.11 Å². The van der Waals surface area contributed by atoms with Crippen LogP contribution in [0.15, 0.2) is 73.3 Å². The van der Waals surface area contributed by atoms with Gasteiger partial charge in [-0.1, -0.05) is 66.7 Å². The molecule has 2 atom stereocenters. The number of hydrogen-bond acceptors (Lipinski definition) is 2. The van der Waals surface area contributed by atoms with Gasteiger partial charge in [0.05, 0.1) is 6.42 Å². The lowest BCUT2D eigenvalue weighted by Gasteiger charge is -2.35. The number of rotatable bonds is 9. The summed E-state index contributed by atoms with van der Waals surface area (Å²) in [5.41, 5.74) is 2.33. The van der Waals surface area contributed by atoms with Gasteiger partial charge in [-0.3, -0.25) is 9.69 Å². The highest BCUT2D eigenvalue weighted by Crippen LogP contribution is 2.25. The molecule has 0 aliphatic heterocycles. The summed E-state index contributed by atoms with van der Waals surface area (Å²) in [6, 6.07) is 20.3. The van der Waals surface area contributed by atoms with Crippen molar-refractivity contribution in [3.8, 4) is 0 Å². The number of benzene rings is 2. The fourth-order valence-electron chi connectivity index (χ4n) is 3.09. The van der Waals surface area contributed by atoms with E-state index in [4.69, 9.17) is 0 Å². The van der Waals surface area contributed by atoms with Crippen LogP contribution in [0.3, 0.4) is 0 Å². The maximum Gasteiger partial charge on any atom is 0.304 e. The second-order valence-corrected chi connectivity index (χ2v) is 6.01. The lowest BCUT2D eigenvalue weighted by molar-refractivity contribution is -0.138. The number of hydrogen-bond donors (Lipinski definition) is 1. The largest absolute Gasteiger partial charge is 0.481 e. The van der Waals surface area contributed by atoms with Crippen LogP contribution in [0, 0.1) is 0 Å². The predicted molar refractivity (Wildman–Crippen MR) is 97.9 cm³/mol. The Labute approximate surface area is 144 Å². The molecule has 2 aromatic rings. The van der Waals surface area contributed by atoms with E-state index < -0.39 is 5.97 Å². The van der Waals surface area contributed by atoms with E-state index in [2.05, 4.69) is 30.5 Å². The third-order valence-corrected chi connectivity index (χ3v) is 4.31. The van der Waals surface area contributed by atoms with Crippen molar-refractivity contribution < 1.29 is 9.90 Å². The van der Waals surface area contributed by atoms with Gasteiger partial charge in [-0.05, 0) is 24.5 Å². The molecule has 24 heavy (non-hydrogen) atoms. The normalized spacial score (nSPS) is 13.4. The van der Waals surface area contributed by atoms with Crippen LogP contribution in [-0.2, 0) is 11.2 Å². The molecule has 2 unspecified atom stereocenters. The molecule has 0 aliphatic carbocycles. The van der Waals surface area contributed by atoms with Crippen molar-refractivity contribution in [3.05, 3.63) is 84.4 Å². The number of aliphatic carboxylic acids is 1. The maximum absolute atomic E-state index is 11.4. The summed E-state index contributed by atoms with van der Waals surface area (Å²) in [5, 5.41) is 9.38. The SMILES string of the molecule is C=CCN(C(CC(=O)O)Cc1ccccc1)C(C)c1ccccc1. The van der Waals surface area contributed by atoms with Crippen molar-refractivity contribution in [2.24, 2.45) is 0 Å². The van der Waals surface area contributed by atoms with E-state index in [0.29, 0.717) is 13.0 Å². The zero-order valence-corrected chi connectivity index (χ0v) is 14.1. The van der Waals surface area contributed by atoms with Gasteiger partial charge in [-0.25, -0.2) is 0 Å². The highest BCUT2D eigenvalue weighted by Gasteiger charge is 2.26. The Morgan fingerprint density at radius 3 is 2.25 bits per heavy atom. The van der Waals surface area contributed by atoms with Crippen molar-refractivity contribution in [1.82, 2.24) is 4.90 Å². The zero-order chi connectivity index (χ0) is 17.4. The number of carbonyl (C=O) groups is 1. The lowest BCUT2D eigenvalue weighted by atomic mass is 9.98. The Morgan fingerprint density at radius 1 is 1.12 bits per heavy atom. The standard InChI is InChI=1S/C21H25NO2/c1-3-14-22(17(2)19-12-8-5-9-13-19)20(16-21(23)24)15-18-10-6-4-7-11-18/h3-13,17,20H,1,14-16H2,2H3,(H,23,24). The van der Waals surface area contributed by atoms with Gasteiger partial charge in [0, 0.05) is 18.6 Å². The Balaban J connectivity index is 2.27. The number of nitrogens with zero attached hydrogens (tertiary/aromatic N) is 1. The minimum atomic E-state index is -0.773. The molecular weight excluding hydrogens is 298 g/mol. The molecule has 3 nitrogen and oxygen atoms in total. The molecule has 0 fully saturated rings. The maximum atomic E-state index is 11.4. The summed E-state index contributed by atoms with van der Waals surface area (Å²) in [7, 11) is 0. The average molecular weight is 323 g/mol. The highest BCUT2D eigenvalue weighted by atomic mass is 16.4. The van der Waals surface area contributed by atoms with E-state index in [9.17, 15) is 9.90 Å². The highest BCUT2D eigenvalue weighted by molar-refractivity contribution is 5.67. The summed E-state index contributed by atoms with van der Waals surface area (Å²) < 4.78 is 0. The monoisotopic (exact) mass is 323 g/mol. The summed E-state index contributed by atoms with van der Waals surface area (Å²) >= 11 is 0. The molecule has 2 rings (SSSR count). The van der Waals surface area contributed by atoms with Gasteiger partial charge in [-0.2, -0.15) is 0 Å². The molecule has 0 saturated heterocycles. The minimum absolute atomic E-state index is 0.0851. The minimum Gasteiger partial charge on any atom is -0.481 e. The quantitative estimate of drug-likeness (QED) is 0.699. The van der Waals surface area contributed by atoms with Crippen LogP contribution in [-0.4, -0.2) is 28.6 Å². The summed E-state index contributed by atoms with van der Waals surface area (Å²) in [5.74, 6) is -0.773. The van der Waals surface area contributed by atoms with Gasteiger partial charge in [0.15, 0.2) is 0 Å². The van der Waals surface area contributed by atoms with Gasteiger partial charge in [0.25, 0.3) is 0 Å². The average Bonchev–Trinajstić information content (AvgIpc) is 2.60. The fourth-order valence-corrected chi connectivity index (χ4v) is 3.09.